The van der Waals surface area contributed by atoms with Crippen LogP contribution in [0.15, 0.2) is 0 Å². The van der Waals surface area contributed by atoms with E-state index >= 15 is 0 Å². The van der Waals surface area contributed by atoms with Crippen LogP contribution < -0.4 is 0 Å². The Morgan fingerprint density at radius 3 is 2.48 bits per heavy atom. The molecule has 3 fully saturated rings. The maximum Gasteiger partial charge on any atom is 0.260 e. The minimum Gasteiger partial charge on any atom is -0.365 e. The Bertz CT molecular complexity index is 486. The number of carbonyl (C=O) groups excluding carboxylic acids is 3. The minimum atomic E-state index is -1.14. The lowest BCUT2D eigenvalue weighted by Crippen LogP contribution is -2.57. The van der Waals surface area contributed by atoms with E-state index in [0.717, 1.165) is 30.6 Å². The Morgan fingerprint density at radius 2 is 1.86 bits per heavy atom. The van der Waals surface area contributed by atoms with Gasteiger partial charge < -0.3 is 4.74 Å². The minimum absolute atomic E-state index is 0.0306. The van der Waals surface area contributed by atoms with Crippen LogP contribution in [0.25, 0.3) is 0 Å². The van der Waals surface area contributed by atoms with Crippen LogP contribution in [-0.4, -0.2) is 39.7 Å². The maximum atomic E-state index is 12.7. The molecule has 3 rings (SSSR count). The molecule has 116 valence electrons. The van der Waals surface area contributed by atoms with Crippen LogP contribution in [0.1, 0.15) is 51.9 Å². The second-order valence-electron chi connectivity index (χ2n) is 6.43. The molecule has 0 aromatic rings. The lowest BCUT2D eigenvalue weighted by molar-refractivity contribution is -0.155. The molecule has 3 aliphatic rings. The zero-order chi connectivity index (χ0) is 15.2. The summed E-state index contributed by atoms with van der Waals surface area (Å²) in [5.41, 5.74) is -1.14. The number of amides is 2. The molecule has 0 radical (unpaired) electrons. The number of hydrogen-bond donors (Lipinski definition) is 0. The Kier molecular flexibility index (Phi) is 3.82. The zero-order valence-electron chi connectivity index (χ0n) is 12.1. The van der Waals surface area contributed by atoms with Crippen molar-refractivity contribution >= 4 is 28.7 Å². The highest BCUT2D eigenvalue weighted by Crippen LogP contribution is 2.43. The number of halogens is 1. The van der Waals surface area contributed by atoms with Crippen molar-refractivity contribution in [3.63, 3.8) is 0 Å². The van der Waals surface area contributed by atoms with Gasteiger partial charge in [0.25, 0.3) is 5.91 Å². The highest BCUT2D eigenvalue weighted by Gasteiger charge is 2.59. The van der Waals surface area contributed by atoms with Gasteiger partial charge >= 0.3 is 0 Å². The fraction of sp³-hybridized carbons (Fsp3) is 0.800. The van der Waals surface area contributed by atoms with Gasteiger partial charge in [-0.3, -0.25) is 19.3 Å². The van der Waals surface area contributed by atoms with Gasteiger partial charge in [0.05, 0.1) is 12.0 Å². The number of imide groups is 1. The number of carbonyl (C=O) groups is 3. The number of likely N-dealkylation sites (tertiary alicyclic amines) is 1. The summed E-state index contributed by atoms with van der Waals surface area (Å²) in [6.45, 7) is 1.90. The summed E-state index contributed by atoms with van der Waals surface area (Å²) in [5.74, 6) is -1.08. The summed E-state index contributed by atoms with van der Waals surface area (Å²) in [6, 6.07) is 0. The fourth-order valence-corrected chi connectivity index (χ4v) is 4.20. The summed E-state index contributed by atoms with van der Waals surface area (Å²) in [6.07, 6.45) is 4.21. The van der Waals surface area contributed by atoms with E-state index in [4.69, 9.17) is 16.3 Å². The Labute approximate surface area is 128 Å². The van der Waals surface area contributed by atoms with Crippen LogP contribution >= 0.6 is 11.6 Å². The summed E-state index contributed by atoms with van der Waals surface area (Å²) < 4.78 is 5.67. The molecular weight excluding hydrogens is 294 g/mol. The van der Waals surface area contributed by atoms with E-state index in [1.54, 1.807) is 0 Å². The fourth-order valence-electron chi connectivity index (χ4n) is 3.93. The van der Waals surface area contributed by atoms with E-state index in [2.05, 4.69) is 0 Å². The smallest absolute Gasteiger partial charge is 0.260 e. The van der Waals surface area contributed by atoms with Crippen LogP contribution in [0.4, 0.5) is 0 Å². The molecule has 0 aromatic heterocycles. The van der Waals surface area contributed by atoms with Gasteiger partial charge in [-0.05, 0) is 44.2 Å². The average Bonchev–Trinajstić information content (AvgIpc) is 2.71. The van der Waals surface area contributed by atoms with Crippen LogP contribution in [-0.2, 0) is 19.1 Å². The molecule has 5 nitrogen and oxygen atoms in total. The van der Waals surface area contributed by atoms with E-state index < -0.39 is 22.8 Å². The van der Waals surface area contributed by atoms with Gasteiger partial charge in [0.15, 0.2) is 0 Å². The van der Waals surface area contributed by atoms with Crippen molar-refractivity contribution in [3.8, 4) is 0 Å². The monoisotopic (exact) mass is 313 g/mol. The van der Waals surface area contributed by atoms with Gasteiger partial charge in [-0.2, -0.15) is 0 Å². The second-order valence-corrected chi connectivity index (χ2v) is 6.77. The molecule has 2 aliphatic heterocycles. The Morgan fingerprint density at radius 1 is 1.19 bits per heavy atom. The topological polar surface area (TPSA) is 63.7 Å². The van der Waals surface area contributed by atoms with Crippen molar-refractivity contribution < 1.29 is 19.1 Å². The first-order valence-corrected chi connectivity index (χ1v) is 8.08. The quantitative estimate of drug-likeness (QED) is 0.578. The molecular formula is C15H20ClNO4. The second kappa shape index (κ2) is 5.36. The van der Waals surface area contributed by atoms with Gasteiger partial charge in [-0.15, -0.1) is 0 Å². The molecule has 0 aromatic carbocycles. The van der Waals surface area contributed by atoms with Gasteiger partial charge in [-0.25, -0.2) is 0 Å². The largest absolute Gasteiger partial charge is 0.365 e. The van der Waals surface area contributed by atoms with E-state index in [1.165, 1.54) is 0 Å². The lowest BCUT2D eigenvalue weighted by Gasteiger charge is -2.40. The average molecular weight is 314 g/mol. The van der Waals surface area contributed by atoms with Gasteiger partial charge in [-0.1, -0.05) is 19.3 Å². The van der Waals surface area contributed by atoms with Crippen LogP contribution in [0, 0.1) is 5.92 Å². The normalized spacial score (nSPS) is 35.7. The third kappa shape index (κ3) is 2.21. The lowest BCUT2D eigenvalue weighted by atomic mass is 9.81. The predicted molar refractivity (Wildman–Crippen MR) is 75.6 cm³/mol. The number of nitrogens with zero attached hydrogens (tertiary/aromatic N) is 1. The SMILES string of the molecule is CC1CCC2C(=O)N(C3(C(=O)Cl)CCCCC3)C(=O)C2O1. The van der Waals surface area contributed by atoms with Crippen molar-refractivity contribution in [1.82, 2.24) is 4.90 Å². The Balaban J connectivity index is 1.95. The highest BCUT2D eigenvalue weighted by atomic mass is 35.5. The van der Waals surface area contributed by atoms with Crippen molar-refractivity contribution in [1.29, 1.82) is 0 Å². The number of hydrogen-bond acceptors (Lipinski definition) is 4. The first-order valence-electron chi connectivity index (χ1n) is 7.71. The summed E-state index contributed by atoms with van der Waals surface area (Å²) in [4.78, 5) is 38.6. The molecule has 0 spiro atoms. The van der Waals surface area contributed by atoms with Gasteiger partial charge in [0, 0.05) is 0 Å². The summed E-state index contributed by atoms with van der Waals surface area (Å²) in [7, 11) is 0. The standard InChI is InChI=1S/C15H20ClNO4/c1-9-5-6-10-11(21-9)13(19)17(12(10)18)15(14(16)20)7-3-2-4-8-15/h9-11H,2-8H2,1H3. The summed E-state index contributed by atoms with van der Waals surface area (Å²) >= 11 is 5.82. The molecule has 2 saturated heterocycles. The Hall–Kier alpha value is -0.940. The van der Waals surface area contributed by atoms with Crippen LogP contribution in [0.3, 0.4) is 0 Å². The van der Waals surface area contributed by atoms with Crippen molar-refractivity contribution in [2.75, 3.05) is 0 Å². The molecule has 2 heterocycles. The first-order chi connectivity index (χ1) is 9.97. The van der Waals surface area contributed by atoms with Gasteiger partial charge in [0.2, 0.25) is 11.1 Å². The predicted octanol–water partition coefficient (Wildman–Crippen LogP) is 2.01. The highest BCUT2D eigenvalue weighted by molar-refractivity contribution is 6.66. The number of fused-ring (bicyclic) bond motifs is 1. The van der Waals surface area contributed by atoms with Crippen molar-refractivity contribution in [3.05, 3.63) is 0 Å². The molecule has 1 aliphatic carbocycles. The molecule has 1 saturated carbocycles. The number of ether oxygens (including phenoxy) is 1. The molecule has 21 heavy (non-hydrogen) atoms. The molecule has 2 amide bonds. The van der Waals surface area contributed by atoms with Crippen LogP contribution in [0.5, 0.6) is 0 Å². The summed E-state index contributed by atoms with van der Waals surface area (Å²) in [5, 5.41) is -0.587. The maximum absolute atomic E-state index is 12.7. The molecule has 6 heteroatoms. The number of rotatable bonds is 2. The van der Waals surface area contributed by atoms with Crippen LogP contribution in [0.2, 0.25) is 0 Å². The van der Waals surface area contributed by atoms with E-state index in [1.807, 2.05) is 6.92 Å². The van der Waals surface area contributed by atoms with Gasteiger partial charge in [0.1, 0.15) is 11.6 Å². The molecule has 3 atom stereocenters. The third-order valence-electron chi connectivity index (χ3n) is 5.10. The first kappa shape index (κ1) is 15.0. The van der Waals surface area contributed by atoms with Crippen molar-refractivity contribution in [2.45, 2.75) is 69.6 Å². The molecule has 3 unspecified atom stereocenters. The van der Waals surface area contributed by atoms with E-state index in [0.29, 0.717) is 19.3 Å². The molecule has 0 bridgehead atoms. The van der Waals surface area contributed by atoms with E-state index in [9.17, 15) is 14.4 Å². The van der Waals surface area contributed by atoms with E-state index in [-0.39, 0.29) is 17.9 Å². The molecule has 0 N–H and O–H groups in total. The van der Waals surface area contributed by atoms with Crippen molar-refractivity contribution in [2.24, 2.45) is 5.92 Å². The third-order valence-corrected chi connectivity index (χ3v) is 5.46. The zero-order valence-corrected chi connectivity index (χ0v) is 12.9.